The summed E-state index contributed by atoms with van der Waals surface area (Å²) in [7, 11) is 0. The number of oxime groups is 1. The third-order valence-corrected chi connectivity index (χ3v) is 4.17. The van der Waals surface area contributed by atoms with E-state index >= 15 is 0 Å². The van der Waals surface area contributed by atoms with Gasteiger partial charge in [0.15, 0.2) is 5.84 Å². The van der Waals surface area contributed by atoms with E-state index in [2.05, 4.69) is 10.1 Å². The molecule has 0 fully saturated rings. The number of fused-ring (bicyclic) bond motifs is 1. The van der Waals surface area contributed by atoms with Crippen LogP contribution in [0.1, 0.15) is 23.1 Å². The number of anilines is 1. The van der Waals surface area contributed by atoms with Gasteiger partial charge in [-0.25, -0.2) is 4.79 Å². The molecule has 0 aliphatic carbocycles. The van der Waals surface area contributed by atoms with Gasteiger partial charge in [-0.05, 0) is 36.6 Å². The minimum atomic E-state index is -0.435. The first kappa shape index (κ1) is 16.6. The van der Waals surface area contributed by atoms with Gasteiger partial charge in [-0.15, -0.1) is 0 Å². The van der Waals surface area contributed by atoms with Crippen molar-refractivity contribution in [3.05, 3.63) is 65.4 Å². The first-order valence-electron chi connectivity index (χ1n) is 8.00. The van der Waals surface area contributed by atoms with Crippen LogP contribution < -0.4 is 11.5 Å². The SMILES string of the molecule is Cc1c(N)cccc1/C(N)=N/OC(=O)CCc1c[nH]c2ccccc12. The zero-order valence-corrected chi connectivity index (χ0v) is 14.0. The van der Waals surface area contributed by atoms with E-state index in [1.165, 1.54) is 0 Å². The summed E-state index contributed by atoms with van der Waals surface area (Å²) in [6.45, 7) is 1.84. The summed E-state index contributed by atoms with van der Waals surface area (Å²) >= 11 is 0. The highest BCUT2D eigenvalue weighted by molar-refractivity contribution is 5.99. The van der Waals surface area contributed by atoms with Crippen molar-refractivity contribution < 1.29 is 9.63 Å². The zero-order chi connectivity index (χ0) is 17.8. The number of hydrogen-bond acceptors (Lipinski definition) is 4. The molecule has 0 saturated carbocycles. The summed E-state index contributed by atoms with van der Waals surface area (Å²) < 4.78 is 0. The summed E-state index contributed by atoms with van der Waals surface area (Å²) in [5.74, 6) is -0.306. The molecule has 0 radical (unpaired) electrons. The van der Waals surface area contributed by atoms with Crippen LogP contribution in [-0.4, -0.2) is 16.8 Å². The molecule has 0 aliphatic rings. The number of hydrogen-bond donors (Lipinski definition) is 3. The molecule has 128 valence electrons. The second-order valence-electron chi connectivity index (χ2n) is 5.82. The molecule has 6 nitrogen and oxygen atoms in total. The number of para-hydroxylation sites is 1. The maximum Gasteiger partial charge on any atom is 0.335 e. The number of aryl methyl sites for hydroxylation is 1. The number of rotatable bonds is 5. The van der Waals surface area contributed by atoms with Gasteiger partial charge in [0, 0.05) is 28.4 Å². The Kier molecular flexibility index (Phi) is 4.70. The molecule has 0 amide bonds. The molecule has 1 aromatic heterocycles. The molecule has 0 bridgehead atoms. The Morgan fingerprint density at radius 3 is 2.84 bits per heavy atom. The van der Waals surface area contributed by atoms with E-state index in [0.29, 0.717) is 17.7 Å². The van der Waals surface area contributed by atoms with Crippen LogP contribution >= 0.6 is 0 Å². The Labute approximate surface area is 145 Å². The van der Waals surface area contributed by atoms with Gasteiger partial charge in [-0.3, -0.25) is 0 Å². The van der Waals surface area contributed by atoms with Crippen molar-refractivity contribution in [1.82, 2.24) is 4.98 Å². The lowest BCUT2D eigenvalue weighted by Gasteiger charge is -2.07. The average molecular weight is 336 g/mol. The van der Waals surface area contributed by atoms with E-state index in [-0.39, 0.29) is 12.3 Å². The van der Waals surface area contributed by atoms with Crippen molar-refractivity contribution in [3.63, 3.8) is 0 Å². The van der Waals surface area contributed by atoms with E-state index in [1.807, 2.05) is 37.4 Å². The van der Waals surface area contributed by atoms with Gasteiger partial charge in [0.25, 0.3) is 0 Å². The second-order valence-corrected chi connectivity index (χ2v) is 5.82. The van der Waals surface area contributed by atoms with Gasteiger partial charge in [-0.2, -0.15) is 0 Å². The first-order valence-corrected chi connectivity index (χ1v) is 8.00. The van der Waals surface area contributed by atoms with Gasteiger partial charge < -0.3 is 21.3 Å². The Morgan fingerprint density at radius 2 is 2.00 bits per heavy atom. The van der Waals surface area contributed by atoms with Crippen LogP contribution in [0.4, 0.5) is 5.69 Å². The lowest BCUT2D eigenvalue weighted by Crippen LogP contribution is -2.17. The number of nitrogens with one attached hydrogen (secondary N) is 1. The largest absolute Gasteiger partial charge is 0.398 e. The fourth-order valence-electron chi connectivity index (χ4n) is 2.70. The highest BCUT2D eigenvalue weighted by Gasteiger charge is 2.10. The number of nitrogens with two attached hydrogens (primary N) is 2. The lowest BCUT2D eigenvalue weighted by molar-refractivity contribution is -0.143. The minimum Gasteiger partial charge on any atom is -0.398 e. The quantitative estimate of drug-likeness (QED) is 0.219. The lowest BCUT2D eigenvalue weighted by atomic mass is 10.1. The van der Waals surface area contributed by atoms with Crippen LogP contribution in [0.25, 0.3) is 10.9 Å². The number of H-pyrrole nitrogens is 1. The maximum absolute atomic E-state index is 11.9. The number of aromatic amines is 1. The highest BCUT2D eigenvalue weighted by Crippen LogP contribution is 2.19. The second kappa shape index (κ2) is 7.09. The van der Waals surface area contributed by atoms with E-state index in [0.717, 1.165) is 22.0 Å². The predicted octanol–water partition coefficient (Wildman–Crippen LogP) is 2.85. The summed E-state index contributed by atoms with van der Waals surface area (Å²) in [5.41, 5.74) is 15.9. The number of aromatic nitrogens is 1. The van der Waals surface area contributed by atoms with Crippen molar-refractivity contribution in [1.29, 1.82) is 0 Å². The zero-order valence-electron chi connectivity index (χ0n) is 14.0. The predicted molar refractivity (Wildman–Crippen MR) is 99.0 cm³/mol. The Hall–Kier alpha value is -3.28. The molecule has 0 atom stereocenters. The number of carbonyl (C=O) groups excluding carboxylic acids is 1. The average Bonchev–Trinajstić information content (AvgIpc) is 3.03. The van der Waals surface area contributed by atoms with Crippen molar-refractivity contribution in [2.24, 2.45) is 10.9 Å². The van der Waals surface area contributed by atoms with Crippen molar-refractivity contribution in [2.75, 3.05) is 5.73 Å². The molecular formula is C19H20N4O2. The van der Waals surface area contributed by atoms with Crippen LogP contribution in [0.5, 0.6) is 0 Å². The molecule has 0 spiro atoms. The molecule has 5 N–H and O–H groups in total. The third kappa shape index (κ3) is 3.63. The van der Waals surface area contributed by atoms with Crippen molar-refractivity contribution in [2.45, 2.75) is 19.8 Å². The highest BCUT2D eigenvalue weighted by atomic mass is 16.7. The summed E-state index contributed by atoms with van der Waals surface area (Å²) in [6.07, 6.45) is 2.69. The molecule has 1 heterocycles. The molecule has 25 heavy (non-hydrogen) atoms. The Balaban J connectivity index is 1.62. The van der Waals surface area contributed by atoms with Gasteiger partial charge >= 0.3 is 5.97 Å². The van der Waals surface area contributed by atoms with Gasteiger partial charge in [0.05, 0.1) is 6.42 Å². The Bertz CT molecular complexity index is 944. The number of amidine groups is 1. The minimum absolute atomic E-state index is 0.130. The molecule has 3 aromatic rings. The van der Waals surface area contributed by atoms with Crippen LogP contribution in [-0.2, 0) is 16.1 Å². The summed E-state index contributed by atoms with van der Waals surface area (Å²) in [6, 6.07) is 13.3. The van der Waals surface area contributed by atoms with Gasteiger partial charge in [0.1, 0.15) is 0 Å². The van der Waals surface area contributed by atoms with Crippen LogP contribution in [0.15, 0.2) is 53.8 Å². The molecule has 0 unspecified atom stereocenters. The molecule has 3 rings (SSSR count). The van der Waals surface area contributed by atoms with Crippen LogP contribution in [0.2, 0.25) is 0 Å². The third-order valence-electron chi connectivity index (χ3n) is 4.17. The first-order chi connectivity index (χ1) is 12.1. The smallest absolute Gasteiger partial charge is 0.335 e. The molecule has 2 aromatic carbocycles. The topological polar surface area (TPSA) is 106 Å². The fraction of sp³-hybridized carbons (Fsp3) is 0.158. The van der Waals surface area contributed by atoms with Crippen molar-refractivity contribution >= 4 is 28.4 Å². The van der Waals surface area contributed by atoms with Crippen molar-refractivity contribution in [3.8, 4) is 0 Å². The van der Waals surface area contributed by atoms with Gasteiger partial charge in [-0.1, -0.05) is 35.5 Å². The van der Waals surface area contributed by atoms with E-state index in [9.17, 15) is 4.79 Å². The van der Waals surface area contributed by atoms with E-state index in [4.69, 9.17) is 16.3 Å². The summed E-state index contributed by atoms with van der Waals surface area (Å²) in [5, 5.41) is 4.85. The maximum atomic E-state index is 11.9. The monoisotopic (exact) mass is 336 g/mol. The number of carbonyl (C=O) groups is 1. The molecule has 6 heteroatoms. The normalized spacial score (nSPS) is 11.6. The van der Waals surface area contributed by atoms with E-state index in [1.54, 1.807) is 18.2 Å². The molecule has 0 aliphatic heterocycles. The number of nitrogen functional groups attached to an aromatic ring is 1. The fourth-order valence-corrected chi connectivity index (χ4v) is 2.70. The van der Waals surface area contributed by atoms with E-state index < -0.39 is 5.97 Å². The number of benzene rings is 2. The standard InChI is InChI=1S/C19H20N4O2/c1-12-14(6-4-7-16(12)20)19(21)23-25-18(24)10-9-13-11-22-17-8-3-2-5-15(13)17/h2-8,11,22H,9-10,20H2,1H3,(H2,21,23). The molecule has 0 saturated heterocycles. The van der Waals surface area contributed by atoms with Crippen LogP contribution in [0, 0.1) is 6.92 Å². The summed E-state index contributed by atoms with van der Waals surface area (Å²) in [4.78, 5) is 20.1. The molecular weight excluding hydrogens is 316 g/mol. The number of nitrogens with zero attached hydrogens (tertiary/aromatic N) is 1. The Morgan fingerprint density at radius 1 is 1.20 bits per heavy atom. The van der Waals surface area contributed by atoms with Crippen LogP contribution in [0.3, 0.4) is 0 Å². The van der Waals surface area contributed by atoms with Gasteiger partial charge in [0.2, 0.25) is 0 Å².